The summed E-state index contributed by atoms with van der Waals surface area (Å²) in [6.07, 6.45) is 0. The van der Waals surface area contributed by atoms with Crippen molar-refractivity contribution in [1.29, 1.82) is 0 Å². The number of hydrogen-bond acceptors (Lipinski definition) is 1. The van der Waals surface area contributed by atoms with Crippen LogP contribution in [0.15, 0.2) is 34.8 Å². The van der Waals surface area contributed by atoms with Crippen molar-refractivity contribution in [3.63, 3.8) is 0 Å². The van der Waals surface area contributed by atoms with Gasteiger partial charge in [0.25, 0.3) is 0 Å². The lowest BCUT2D eigenvalue weighted by Gasteiger charge is -2.03. The standard InChI is InChI=1S/C10H7BrClN/c11-7-2-3-8-6(5-7)1-4-9(13)10(8)12/h1-5H,13H2. The molecule has 0 fully saturated rings. The van der Waals surface area contributed by atoms with Gasteiger partial charge >= 0.3 is 0 Å². The maximum atomic E-state index is 6.04. The average molecular weight is 257 g/mol. The molecule has 0 amide bonds. The topological polar surface area (TPSA) is 26.0 Å². The minimum absolute atomic E-state index is 0.622. The first-order chi connectivity index (χ1) is 6.18. The lowest BCUT2D eigenvalue weighted by Crippen LogP contribution is -1.86. The highest BCUT2D eigenvalue weighted by atomic mass is 79.9. The number of hydrogen-bond donors (Lipinski definition) is 1. The van der Waals surface area contributed by atoms with Crippen LogP contribution in [0.1, 0.15) is 0 Å². The number of halogens is 2. The van der Waals surface area contributed by atoms with E-state index in [9.17, 15) is 0 Å². The summed E-state index contributed by atoms with van der Waals surface area (Å²) >= 11 is 9.44. The second-order valence-corrected chi connectivity index (χ2v) is 4.13. The van der Waals surface area contributed by atoms with Gasteiger partial charge in [-0.2, -0.15) is 0 Å². The molecule has 2 aromatic carbocycles. The number of anilines is 1. The average Bonchev–Trinajstić information content (AvgIpc) is 2.12. The van der Waals surface area contributed by atoms with E-state index < -0.39 is 0 Å². The Labute approximate surface area is 89.6 Å². The van der Waals surface area contributed by atoms with Crippen LogP contribution in [0.4, 0.5) is 5.69 Å². The molecule has 66 valence electrons. The zero-order chi connectivity index (χ0) is 9.42. The van der Waals surface area contributed by atoms with Gasteiger partial charge in [0, 0.05) is 9.86 Å². The van der Waals surface area contributed by atoms with Crippen LogP contribution in [0.2, 0.25) is 5.02 Å². The third-order valence-corrected chi connectivity index (χ3v) is 2.86. The molecule has 2 rings (SSSR count). The van der Waals surface area contributed by atoms with Gasteiger partial charge in [0.2, 0.25) is 0 Å². The van der Waals surface area contributed by atoms with Crippen molar-refractivity contribution >= 4 is 44.0 Å². The highest BCUT2D eigenvalue weighted by molar-refractivity contribution is 9.10. The van der Waals surface area contributed by atoms with Crippen molar-refractivity contribution in [3.8, 4) is 0 Å². The molecular weight excluding hydrogens is 249 g/mol. The largest absolute Gasteiger partial charge is 0.398 e. The Kier molecular flexibility index (Phi) is 2.18. The molecule has 0 aromatic heterocycles. The van der Waals surface area contributed by atoms with Crippen molar-refractivity contribution in [2.45, 2.75) is 0 Å². The van der Waals surface area contributed by atoms with Gasteiger partial charge in [-0.15, -0.1) is 0 Å². The molecule has 0 saturated carbocycles. The third kappa shape index (κ3) is 1.52. The van der Waals surface area contributed by atoms with E-state index in [1.807, 2.05) is 30.3 Å². The molecule has 0 aliphatic heterocycles. The molecular formula is C10H7BrClN. The van der Waals surface area contributed by atoms with Gasteiger partial charge < -0.3 is 5.73 Å². The van der Waals surface area contributed by atoms with E-state index >= 15 is 0 Å². The Hall–Kier alpha value is -0.730. The van der Waals surface area contributed by atoms with Gasteiger partial charge in [0.15, 0.2) is 0 Å². The quantitative estimate of drug-likeness (QED) is 0.712. The Morgan fingerprint density at radius 2 is 1.92 bits per heavy atom. The maximum Gasteiger partial charge on any atom is 0.0713 e. The van der Waals surface area contributed by atoms with Gasteiger partial charge in [0.1, 0.15) is 0 Å². The minimum atomic E-state index is 0.622. The second-order valence-electron chi connectivity index (χ2n) is 2.83. The number of nitrogen functional groups attached to an aromatic ring is 1. The molecule has 0 aliphatic rings. The molecule has 13 heavy (non-hydrogen) atoms. The fraction of sp³-hybridized carbons (Fsp3) is 0. The first kappa shape index (κ1) is 8.85. The number of fused-ring (bicyclic) bond motifs is 1. The van der Waals surface area contributed by atoms with Crippen LogP contribution >= 0.6 is 27.5 Å². The van der Waals surface area contributed by atoms with Crippen molar-refractivity contribution in [2.24, 2.45) is 0 Å². The summed E-state index contributed by atoms with van der Waals surface area (Å²) in [4.78, 5) is 0. The molecule has 3 heteroatoms. The zero-order valence-corrected chi connectivity index (χ0v) is 9.06. The Bertz CT molecular complexity index is 468. The molecule has 0 bridgehead atoms. The lowest BCUT2D eigenvalue weighted by molar-refractivity contribution is 1.69. The molecule has 0 unspecified atom stereocenters. The summed E-state index contributed by atoms with van der Waals surface area (Å²) in [6.45, 7) is 0. The van der Waals surface area contributed by atoms with Crippen molar-refractivity contribution in [3.05, 3.63) is 39.8 Å². The van der Waals surface area contributed by atoms with Gasteiger partial charge in [-0.25, -0.2) is 0 Å². The molecule has 2 N–H and O–H groups in total. The van der Waals surface area contributed by atoms with E-state index in [1.54, 1.807) is 0 Å². The SMILES string of the molecule is Nc1ccc2cc(Br)ccc2c1Cl. The predicted molar refractivity (Wildman–Crippen MR) is 61.1 cm³/mol. The van der Waals surface area contributed by atoms with E-state index in [-0.39, 0.29) is 0 Å². The highest BCUT2D eigenvalue weighted by Crippen LogP contribution is 2.30. The molecule has 0 atom stereocenters. The molecule has 0 aliphatic carbocycles. The number of rotatable bonds is 0. The molecule has 1 nitrogen and oxygen atoms in total. The molecule has 0 radical (unpaired) electrons. The normalized spacial score (nSPS) is 10.6. The fourth-order valence-corrected chi connectivity index (χ4v) is 1.89. The van der Waals surface area contributed by atoms with E-state index in [2.05, 4.69) is 15.9 Å². The maximum absolute atomic E-state index is 6.04. The van der Waals surface area contributed by atoms with Gasteiger partial charge in [-0.05, 0) is 23.6 Å². The number of benzene rings is 2. The molecule has 0 heterocycles. The lowest BCUT2D eigenvalue weighted by atomic mass is 10.1. The highest BCUT2D eigenvalue weighted by Gasteiger charge is 2.02. The summed E-state index contributed by atoms with van der Waals surface area (Å²) < 4.78 is 1.04. The molecule has 0 spiro atoms. The van der Waals surface area contributed by atoms with E-state index in [4.69, 9.17) is 17.3 Å². The predicted octanol–water partition coefficient (Wildman–Crippen LogP) is 3.84. The van der Waals surface area contributed by atoms with Gasteiger partial charge in [-0.3, -0.25) is 0 Å². The summed E-state index contributed by atoms with van der Waals surface area (Å²) in [5.41, 5.74) is 6.30. The molecule has 2 aromatic rings. The monoisotopic (exact) mass is 255 g/mol. The second kappa shape index (κ2) is 3.20. The summed E-state index contributed by atoms with van der Waals surface area (Å²) in [6, 6.07) is 9.70. The van der Waals surface area contributed by atoms with Gasteiger partial charge in [0.05, 0.1) is 10.7 Å². The summed E-state index contributed by atoms with van der Waals surface area (Å²) in [7, 11) is 0. The van der Waals surface area contributed by atoms with Crippen LogP contribution in [0.3, 0.4) is 0 Å². The van der Waals surface area contributed by atoms with Crippen LogP contribution in [0.25, 0.3) is 10.8 Å². The number of nitrogens with two attached hydrogens (primary N) is 1. The zero-order valence-electron chi connectivity index (χ0n) is 6.72. The van der Waals surface area contributed by atoms with Crippen molar-refractivity contribution < 1.29 is 0 Å². The van der Waals surface area contributed by atoms with E-state index in [0.29, 0.717) is 10.7 Å². The Balaban J connectivity index is 2.87. The summed E-state index contributed by atoms with van der Waals surface area (Å²) in [5.74, 6) is 0. The van der Waals surface area contributed by atoms with Crippen LogP contribution in [-0.4, -0.2) is 0 Å². The van der Waals surface area contributed by atoms with Crippen LogP contribution < -0.4 is 5.73 Å². The van der Waals surface area contributed by atoms with Crippen LogP contribution in [0.5, 0.6) is 0 Å². The van der Waals surface area contributed by atoms with E-state index in [1.165, 1.54) is 0 Å². The Morgan fingerprint density at radius 3 is 2.69 bits per heavy atom. The first-order valence-corrected chi connectivity index (χ1v) is 4.99. The van der Waals surface area contributed by atoms with Crippen molar-refractivity contribution in [1.82, 2.24) is 0 Å². The van der Waals surface area contributed by atoms with E-state index in [0.717, 1.165) is 15.2 Å². The molecule has 0 saturated heterocycles. The minimum Gasteiger partial charge on any atom is -0.398 e. The van der Waals surface area contributed by atoms with Crippen LogP contribution in [-0.2, 0) is 0 Å². The first-order valence-electron chi connectivity index (χ1n) is 3.82. The third-order valence-electron chi connectivity index (χ3n) is 1.95. The fourth-order valence-electron chi connectivity index (χ4n) is 1.28. The smallest absolute Gasteiger partial charge is 0.0713 e. The van der Waals surface area contributed by atoms with Crippen LogP contribution in [0, 0.1) is 0 Å². The van der Waals surface area contributed by atoms with Gasteiger partial charge in [-0.1, -0.05) is 39.7 Å². The van der Waals surface area contributed by atoms with Crippen molar-refractivity contribution in [2.75, 3.05) is 5.73 Å². The summed E-state index contributed by atoms with van der Waals surface area (Å²) in [5, 5.41) is 2.71. The Morgan fingerprint density at radius 1 is 1.15 bits per heavy atom.